The number of aryl methyl sites for hydroxylation is 1. The summed E-state index contributed by atoms with van der Waals surface area (Å²) in [4.78, 5) is 12.8. The van der Waals surface area contributed by atoms with E-state index in [1.165, 1.54) is 23.9 Å². The molecule has 0 radical (unpaired) electrons. The van der Waals surface area contributed by atoms with Gasteiger partial charge in [-0.3, -0.25) is 4.79 Å². The van der Waals surface area contributed by atoms with Crippen LogP contribution in [0.4, 0.5) is 0 Å². The van der Waals surface area contributed by atoms with Crippen molar-refractivity contribution >= 4 is 27.5 Å². The number of amides is 1. The monoisotopic (exact) mass is 418 g/mol. The number of carbonyl (C=O) groups excluding carboxylic acids is 1. The number of para-hydroxylation sites is 1. The maximum Gasteiger partial charge on any atom is 0.256 e. The molecule has 0 aliphatic carbocycles. The summed E-state index contributed by atoms with van der Waals surface area (Å²) in [6.45, 7) is 1.95. The van der Waals surface area contributed by atoms with Gasteiger partial charge in [0.2, 0.25) is 10.0 Å². The van der Waals surface area contributed by atoms with Crippen molar-refractivity contribution in [1.82, 2.24) is 19.8 Å². The average molecular weight is 419 g/mol. The quantitative estimate of drug-likeness (QED) is 0.643. The molecule has 7 nitrogen and oxygen atoms in total. The van der Waals surface area contributed by atoms with Crippen molar-refractivity contribution in [3.63, 3.8) is 0 Å². The van der Waals surface area contributed by atoms with Gasteiger partial charge >= 0.3 is 0 Å². The van der Waals surface area contributed by atoms with E-state index >= 15 is 0 Å². The highest BCUT2D eigenvalue weighted by atomic mass is 35.5. The number of aromatic nitrogens is 2. The van der Waals surface area contributed by atoms with Crippen molar-refractivity contribution in [1.29, 1.82) is 0 Å². The summed E-state index contributed by atoms with van der Waals surface area (Å²) >= 11 is 6.39. The van der Waals surface area contributed by atoms with E-state index in [2.05, 4.69) is 15.1 Å². The SMILES string of the molecule is CNS(=O)(=O)c1ccc(CNC(=O)c2c(C)nn(-c3ccccc3)c2Cl)cc1. The van der Waals surface area contributed by atoms with Crippen LogP contribution >= 0.6 is 11.6 Å². The summed E-state index contributed by atoms with van der Waals surface area (Å²) in [6, 6.07) is 15.6. The van der Waals surface area contributed by atoms with Gasteiger partial charge in [-0.2, -0.15) is 5.10 Å². The number of sulfonamides is 1. The molecule has 28 heavy (non-hydrogen) atoms. The zero-order valence-corrected chi connectivity index (χ0v) is 16.9. The van der Waals surface area contributed by atoms with E-state index in [0.29, 0.717) is 11.3 Å². The molecule has 3 rings (SSSR count). The highest BCUT2D eigenvalue weighted by molar-refractivity contribution is 7.89. The molecule has 9 heteroatoms. The molecule has 0 atom stereocenters. The molecule has 0 unspecified atom stereocenters. The van der Waals surface area contributed by atoms with E-state index in [1.807, 2.05) is 30.3 Å². The van der Waals surface area contributed by atoms with E-state index < -0.39 is 10.0 Å². The van der Waals surface area contributed by atoms with Gasteiger partial charge in [0, 0.05) is 6.54 Å². The molecule has 0 fully saturated rings. The van der Waals surface area contributed by atoms with Crippen molar-refractivity contribution in [2.45, 2.75) is 18.4 Å². The first-order valence-electron chi connectivity index (χ1n) is 8.44. The van der Waals surface area contributed by atoms with Crippen LogP contribution in [-0.2, 0) is 16.6 Å². The van der Waals surface area contributed by atoms with Crippen LogP contribution in [0.5, 0.6) is 0 Å². The van der Waals surface area contributed by atoms with Crippen LogP contribution in [0.25, 0.3) is 5.69 Å². The number of hydrogen-bond donors (Lipinski definition) is 2. The van der Waals surface area contributed by atoms with Gasteiger partial charge < -0.3 is 5.32 Å². The average Bonchev–Trinajstić information content (AvgIpc) is 3.01. The lowest BCUT2D eigenvalue weighted by molar-refractivity contribution is 0.0950. The Balaban J connectivity index is 1.75. The van der Waals surface area contributed by atoms with Gasteiger partial charge in [0.1, 0.15) is 5.15 Å². The Kier molecular flexibility index (Phi) is 5.83. The summed E-state index contributed by atoms with van der Waals surface area (Å²) in [5, 5.41) is 7.38. The summed E-state index contributed by atoms with van der Waals surface area (Å²) in [7, 11) is -2.14. The first kappa shape index (κ1) is 20.1. The van der Waals surface area contributed by atoms with Gasteiger partial charge in [-0.1, -0.05) is 41.9 Å². The summed E-state index contributed by atoms with van der Waals surface area (Å²) in [5.41, 5.74) is 2.34. The smallest absolute Gasteiger partial charge is 0.256 e. The number of hydrogen-bond acceptors (Lipinski definition) is 4. The highest BCUT2D eigenvalue weighted by Gasteiger charge is 2.21. The molecule has 2 aromatic carbocycles. The van der Waals surface area contributed by atoms with Gasteiger partial charge in [0.15, 0.2) is 0 Å². The Hall–Kier alpha value is -2.68. The molecule has 146 valence electrons. The minimum atomic E-state index is -3.49. The molecule has 0 aliphatic rings. The molecule has 0 saturated carbocycles. The first-order chi connectivity index (χ1) is 13.3. The normalized spacial score (nSPS) is 11.4. The van der Waals surface area contributed by atoms with Gasteiger partial charge in [-0.05, 0) is 43.8 Å². The van der Waals surface area contributed by atoms with E-state index in [1.54, 1.807) is 19.1 Å². The fourth-order valence-electron chi connectivity index (χ4n) is 2.67. The number of nitrogens with zero attached hydrogens (tertiary/aromatic N) is 2. The molecular formula is C19H19ClN4O3S. The maximum atomic E-state index is 12.6. The predicted molar refractivity (Wildman–Crippen MR) is 107 cm³/mol. The van der Waals surface area contributed by atoms with E-state index in [4.69, 9.17) is 11.6 Å². The largest absolute Gasteiger partial charge is 0.348 e. The lowest BCUT2D eigenvalue weighted by atomic mass is 10.2. The van der Waals surface area contributed by atoms with Crippen molar-refractivity contribution in [2.75, 3.05) is 7.05 Å². The minimum absolute atomic E-state index is 0.160. The molecule has 0 saturated heterocycles. The standard InChI is InChI=1S/C19H19ClN4O3S/c1-13-17(18(20)24(23-13)15-6-4-3-5-7-15)19(25)22-12-14-8-10-16(11-9-14)28(26,27)21-2/h3-11,21H,12H2,1-2H3,(H,22,25). The van der Waals surface area contributed by atoms with Gasteiger partial charge in [0.25, 0.3) is 5.91 Å². The zero-order valence-electron chi connectivity index (χ0n) is 15.3. The number of halogens is 1. The molecule has 1 heterocycles. The van der Waals surface area contributed by atoms with Crippen LogP contribution in [-0.4, -0.2) is 31.2 Å². The van der Waals surface area contributed by atoms with Gasteiger partial charge in [-0.25, -0.2) is 17.8 Å². The molecule has 0 aliphatic heterocycles. The molecule has 1 aromatic heterocycles. The van der Waals surface area contributed by atoms with E-state index in [-0.39, 0.29) is 22.5 Å². The van der Waals surface area contributed by atoms with Crippen molar-refractivity contribution in [2.24, 2.45) is 0 Å². The zero-order chi connectivity index (χ0) is 20.3. The summed E-state index contributed by atoms with van der Waals surface area (Å²) in [6.07, 6.45) is 0. The van der Waals surface area contributed by atoms with Gasteiger partial charge in [-0.15, -0.1) is 0 Å². The first-order valence-corrected chi connectivity index (χ1v) is 10.3. The van der Waals surface area contributed by atoms with Crippen LogP contribution < -0.4 is 10.0 Å². The molecule has 0 spiro atoms. The van der Waals surface area contributed by atoms with Crippen LogP contribution in [0, 0.1) is 6.92 Å². The second-order valence-electron chi connectivity index (χ2n) is 6.03. The Labute approximate surface area is 168 Å². The minimum Gasteiger partial charge on any atom is -0.348 e. The molecule has 0 bridgehead atoms. The molecule has 2 N–H and O–H groups in total. The van der Waals surface area contributed by atoms with Crippen LogP contribution in [0.1, 0.15) is 21.6 Å². The Bertz CT molecular complexity index is 1090. The number of nitrogens with one attached hydrogen (secondary N) is 2. The van der Waals surface area contributed by atoms with E-state index in [9.17, 15) is 13.2 Å². The summed E-state index contributed by atoms with van der Waals surface area (Å²) in [5.74, 6) is -0.350. The number of benzene rings is 2. The Morgan fingerprint density at radius 2 is 1.75 bits per heavy atom. The third-order valence-electron chi connectivity index (χ3n) is 4.19. The lowest BCUT2D eigenvalue weighted by Crippen LogP contribution is -2.23. The second-order valence-corrected chi connectivity index (χ2v) is 8.28. The third-order valence-corrected chi connectivity index (χ3v) is 5.97. The summed E-state index contributed by atoms with van der Waals surface area (Å²) < 4.78 is 27.3. The van der Waals surface area contributed by atoms with Gasteiger partial charge in [0.05, 0.1) is 21.8 Å². The maximum absolute atomic E-state index is 12.6. The molecule has 1 amide bonds. The molecule has 3 aromatic rings. The Morgan fingerprint density at radius 3 is 2.36 bits per heavy atom. The second kappa shape index (κ2) is 8.14. The fraction of sp³-hybridized carbons (Fsp3) is 0.158. The topological polar surface area (TPSA) is 93.1 Å². The third kappa shape index (κ3) is 4.09. The number of carbonyl (C=O) groups is 1. The predicted octanol–water partition coefficient (Wildman–Crippen LogP) is 2.67. The van der Waals surface area contributed by atoms with Crippen molar-refractivity contribution in [3.8, 4) is 5.69 Å². The van der Waals surface area contributed by atoms with Crippen LogP contribution in [0.2, 0.25) is 5.15 Å². The van der Waals surface area contributed by atoms with Crippen LogP contribution in [0.3, 0.4) is 0 Å². The van der Waals surface area contributed by atoms with Crippen molar-refractivity contribution < 1.29 is 13.2 Å². The highest BCUT2D eigenvalue weighted by Crippen LogP contribution is 2.23. The number of rotatable bonds is 6. The lowest BCUT2D eigenvalue weighted by Gasteiger charge is -2.07. The Morgan fingerprint density at radius 1 is 1.11 bits per heavy atom. The van der Waals surface area contributed by atoms with Crippen LogP contribution in [0.15, 0.2) is 59.5 Å². The van der Waals surface area contributed by atoms with Crippen molar-refractivity contribution in [3.05, 3.63) is 76.6 Å². The fourth-order valence-corrected chi connectivity index (χ4v) is 3.76. The molecular weight excluding hydrogens is 400 g/mol. The van der Waals surface area contributed by atoms with E-state index in [0.717, 1.165) is 11.3 Å².